The highest BCUT2D eigenvalue weighted by Crippen LogP contribution is 2.31. The number of rotatable bonds is 4. The van der Waals surface area contributed by atoms with Gasteiger partial charge in [0, 0.05) is 0 Å². The Bertz CT molecular complexity index is 224. The molecule has 0 aromatic carbocycles. The van der Waals surface area contributed by atoms with Crippen LogP contribution < -0.4 is 0 Å². The highest BCUT2D eigenvalue weighted by Gasteiger charge is 2.30. The van der Waals surface area contributed by atoms with Gasteiger partial charge in [-0.1, -0.05) is 0 Å². The summed E-state index contributed by atoms with van der Waals surface area (Å²) in [4.78, 5) is -1.72. The molecule has 0 aliphatic rings. The van der Waals surface area contributed by atoms with Gasteiger partial charge >= 0.3 is 0 Å². The Hall–Kier alpha value is -0.360. The Labute approximate surface area is 89.5 Å². The normalized spacial score (nSPS) is 19.2. The maximum absolute atomic E-state index is 8.46. The van der Waals surface area contributed by atoms with E-state index >= 15 is 0 Å². The van der Waals surface area contributed by atoms with Gasteiger partial charge in [0.2, 0.25) is 0 Å². The minimum atomic E-state index is -0.859. The average Bonchev–Trinajstić information content (AvgIpc) is 1.82. The molecule has 0 rings (SSSR count). The first-order valence-corrected chi connectivity index (χ1v) is 4.61. The quantitative estimate of drug-likeness (QED) is 0.559. The fraction of sp³-hybridized carbons (Fsp3) is 0.750. The van der Waals surface area contributed by atoms with Crippen LogP contribution in [0.3, 0.4) is 0 Å². The van der Waals surface area contributed by atoms with E-state index in [0.29, 0.717) is 0 Å². The Morgan fingerprint density at radius 3 is 1.62 bits per heavy atom. The van der Waals surface area contributed by atoms with Crippen molar-refractivity contribution >= 4 is 25.3 Å². The third-order valence-electron chi connectivity index (χ3n) is 1.25. The summed E-state index contributed by atoms with van der Waals surface area (Å²) in [5.41, 5.74) is 0. The molecule has 0 N–H and O–H groups in total. The van der Waals surface area contributed by atoms with Crippen molar-refractivity contribution in [3.63, 3.8) is 0 Å². The summed E-state index contributed by atoms with van der Waals surface area (Å²) in [5, 5.41) is 16.9. The van der Waals surface area contributed by atoms with Crippen molar-refractivity contribution in [1.82, 2.24) is 0 Å². The molecule has 0 spiro atoms. The number of ether oxygens (including phenoxy) is 1. The van der Waals surface area contributed by atoms with Crippen LogP contribution in [0.2, 0.25) is 0 Å². The van der Waals surface area contributed by atoms with E-state index in [4.69, 9.17) is 15.3 Å². The van der Waals surface area contributed by atoms with Gasteiger partial charge in [0.1, 0.15) is 9.87 Å². The van der Waals surface area contributed by atoms with E-state index in [1.165, 1.54) is 0 Å². The van der Waals surface area contributed by atoms with Gasteiger partial charge in [-0.3, -0.25) is 0 Å². The van der Waals surface area contributed by atoms with Crippen LogP contribution >= 0.6 is 25.3 Å². The van der Waals surface area contributed by atoms with E-state index in [1.54, 1.807) is 13.8 Å². The summed E-state index contributed by atoms with van der Waals surface area (Å²) in [6.07, 6.45) is 0.301. The molecule has 2 unspecified atom stereocenters. The second kappa shape index (κ2) is 4.76. The molecule has 0 aliphatic heterocycles. The van der Waals surface area contributed by atoms with Crippen LogP contribution in [0.5, 0.6) is 0 Å². The highest BCUT2D eigenvalue weighted by molar-refractivity contribution is 7.82. The Morgan fingerprint density at radius 2 is 1.38 bits per heavy atom. The second-order valence-electron chi connectivity index (χ2n) is 3.12. The van der Waals surface area contributed by atoms with Crippen molar-refractivity contribution < 1.29 is 4.74 Å². The molecule has 0 aliphatic carbocycles. The van der Waals surface area contributed by atoms with Crippen molar-refractivity contribution in [2.45, 2.75) is 36.6 Å². The van der Waals surface area contributed by atoms with Gasteiger partial charge in [-0.05, 0) is 13.8 Å². The zero-order valence-corrected chi connectivity index (χ0v) is 9.40. The first kappa shape index (κ1) is 12.6. The molecule has 0 amide bonds. The van der Waals surface area contributed by atoms with Crippen molar-refractivity contribution in [2.24, 2.45) is 0 Å². The van der Waals surface area contributed by atoms with Crippen LogP contribution in [-0.4, -0.2) is 9.87 Å². The van der Waals surface area contributed by atoms with Gasteiger partial charge in [-0.25, -0.2) is 0 Å². The van der Waals surface area contributed by atoms with Crippen LogP contribution in [0.1, 0.15) is 26.7 Å². The molecule has 13 heavy (non-hydrogen) atoms. The van der Waals surface area contributed by atoms with Crippen molar-refractivity contribution in [3.05, 3.63) is 0 Å². The minimum absolute atomic E-state index is 0.150. The Kier molecular flexibility index (Phi) is 4.63. The third kappa shape index (κ3) is 5.81. The molecule has 0 radical (unpaired) electrons. The lowest BCUT2D eigenvalue weighted by Gasteiger charge is -2.31. The largest absolute Gasteiger partial charge is 0.346 e. The van der Waals surface area contributed by atoms with Crippen LogP contribution in [0.15, 0.2) is 0 Å². The van der Waals surface area contributed by atoms with E-state index in [2.05, 4.69) is 25.3 Å². The summed E-state index contributed by atoms with van der Waals surface area (Å²) in [5.74, 6) is 0. The van der Waals surface area contributed by atoms with Crippen molar-refractivity contribution in [2.75, 3.05) is 0 Å². The standard InChI is InChI=1S/C8H12N2OS2/c1-7(12,3-5-9)11-8(2,13)4-6-10/h12-13H,3-4H2,1-2H3. The Balaban J connectivity index is 4.27. The maximum atomic E-state index is 8.46. The van der Waals surface area contributed by atoms with Crippen LogP contribution in [0, 0.1) is 22.7 Å². The molecular formula is C8H12N2OS2. The van der Waals surface area contributed by atoms with E-state index in [1.807, 2.05) is 12.1 Å². The molecule has 0 saturated heterocycles. The summed E-state index contributed by atoms with van der Waals surface area (Å²) >= 11 is 8.30. The highest BCUT2D eigenvalue weighted by atomic mass is 32.1. The number of hydrogen-bond donors (Lipinski definition) is 2. The van der Waals surface area contributed by atoms with Crippen LogP contribution in [-0.2, 0) is 4.74 Å². The average molecular weight is 216 g/mol. The van der Waals surface area contributed by atoms with E-state index in [0.717, 1.165) is 0 Å². The molecule has 0 saturated carbocycles. The van der Waals surface area contributed by atoms with E-state index in [9.17, 15) is 0 Å². The summed E-state index contributed by atoms with van der Waals surface area (Å²) in [6, 6.07) is 3.91. The SMILES string of the molecule is CC(S)(CC#N)OC(C)(S)CC#N. The van der Waals surface area contributed by atoms with Crippen molar-refractivity contribution in [1.29, 1.82) is 10.5 Å². The van der Waals surface area contributed by atoms with Gasteiger partial charge in [0.05, 0.1) is 25.0 Å². The molecule has 0 aromatic heterocycles. The lowest BCUT2D eigenvalue weighted by molar-refractivity contribution is -0.0288. The van der Waals surface area contributed by atoms with Crippen LogP contribution in [0.25, 0.3) is 0 Å². The molecule has 0 bridgehead atoms. The first-order valence-electron chi connectivity index (χ1n) is 3.72. The zero-order chi connectivity index (χ0) is 10.5. The molecule has 72 valence electrons. The topological polar surface area (TPSA) is 56.8 Å². The number of nitriles is 2. The molecule has 0 aromatic rings. The fourth-order valence-electron chi connectivity index (χ4n) is 0.839. The first-order chi connectivity index (χ1) is 5.83. The predicted octanol–water partition coefficient (Wildman–Crippen LogP) is 2.12. The third-order valence-corrected chi connectivity index (χ3v) is 1.75. The van der Waals surface area contributed by atoms with Gasteiger partial charge in [-0.2, -0.15) is 10.5 Å². The monoisotopic (exact) mass is 216 g/mol. The zero-order valence-electron chi connectivity index (χ0n) is 7.61. The molecule has 2 atom stereocenters. The minimum Gasteiger partial charge on any atom is -0.346 e. The summed E-state index contributed by atoms with van der Waals surface area (Å²) in [7, 11) is 0. The van der Waals surface area contributed by atoms with Crippen molar-refractivity contribution in [3.8, 4) is 12.1 Å². The maximum Gasteiger partial charge on any atom is 0.123 e. The molecule has 5 heteroatoms. The molecule has 0 heterocycles. The predicted molar refractivity (Wildman–Crippen MR) is 56.3 cm³/mol. The van der Waals surface area contributed by atoms with Gasteiger partial charge in [0.25, 0.3) is 0 Å². The number of thiol groups is 2. The Morgan fingerprint density at radius 1 is 1.08 bits per heavy atom. The van der Waals surface area contributed by atoms with E-state index < -0.39 is 9.87 Å². The number of nitrogens with zero attached hydrogens (tertiary/aromatic N) is 2. The fourth-order valence-corrected chi connectivity index (χ4v) is 1.46. The van der Waals surface area contributed by atoms with E-state index in [-0.39, 0.29) is 12.8 Å². The van der Waals surface area contributed by atoms with Crippen LogP contribution in [0.4, 0.5) is 0 Å². The number of hydrogen-bond acceptors (Lipinski definition) is 5. The second-order valence-corrected chi connectivity index (χ2v) is 5.01. The summed E-state index contributed by atoms with van der Waals surface area (Å²) in [6.45, 7) is 3.34. The van der Waals surface area contributed by atoms with Gasteiger partial charge < -0.3 is 4.74 Å². The molecule has 3 nitrogen and oxygen atoms in total. The summed E-state index contributed by atoms with van der Waals surface area (Å²) < 4.78 is 5.39. The smallest absolute Gasteiger partial charge is 0.123 e. The molecular weight excluding hydrogens is 204 g/mol. The molecule has 0 fully saturated rings. The van der Waals surface area contributed by atoms with Gasteiger partial charge in [0.15, 0.2) is 0 Å². The lowest BCUT2D eigenvalue weighted by atomic mass is 10.2. The van der Waals surface area contributed by atoms with Gasteiger partial charge in [-0.15, -0.1) is 25.3 Å². The lowest BCUT2D eigenvalue weighted by Crippen LogP contribution is -2.33.